The van der Waals surface area contributed by atoms with Crippen LogP contribution in [0.5, 0.6) is 0 Å². The third-order valence-electron chi connectivity index (χ3n) is 4.61. The first-order valence-corrected chi connectivity index (χ1v) is 10.8. The summed E-state index contributed by atoms with van der Waals surface area (Å²) in [5.41, 5.74) is 4.24. The average molecular weight is 398 g/mol. The van der Waals surface area contributed by atoms with Crippen LogP contribution in [0, 0.1) is 0 Å². The summed E-state index contributed by atoms with van der Waals surface area (Å²) in [4.78, 5) is 2.06. The van der Waals surface area contributed by atoms with Crippen molar-refractivity contribution in [1.29, 1.82) is 0 Å². The van der Waals surface area contributed by atoms with Crippen molar-refractivity contribution in [2.45, 2.75) is 13.0 Å². The van der Waals surface area contributed by atoms with Crippen molar-refractivity contribution in [3.8, 4) is 0 Å². The Bertz CT molecular complexity index is 1090. The lowest BCUT2D eigenvalue weighted by molar-refractivity contribution is -0.673. The summed E-state index contributed by atoms with van der Waals surface area (Å²) in [6, 6.07) is 20.4. The molecule has 0 radical (unpaired) electrons. The number of hydrogen-bond acceptors (Lipinski definition) is 3. The number of anilines is 1. The number of hydrogen-bond donors (Lipinski definition) is 1. The van der Waals surface area contributed by atoms with Crippen molar-refractivity contribution in [3.05, 3.63) is 71.9 Å². The van der Waals surface area contributed by atoms with Crippen LogP contribution in [0.3, 0.4) is 0 Å². The van der Waals surface area contributed by atoms with Gasteiger partial charge < -0.3 is 4.90 Å². The van der Waals surface area contributed by atoms with E-state index in [2.05, 4.69) is 39.8 Å². The van der Waals surface area contributed by atoms with Crippen LogP contribution >= 0.6 is 0 Å². The van der Waals surface area contributed by atoms with E-state index in [1.807, 2.05) is 56.6 Å². The maximum Gasteiger partial charge on any atom is 0.265 e. The molecule has 0 spiro atoms. The number of pyridine rings is 1. The number of fused-ring (bicyclic) bond motifs is 1. The van der Waals surface area contributed by atoms with Crippen LogP contribution in [-0.4, -0.2) is 32.8 Å². The lowest BCUT2D eigenvalue weighted by Crippen LogP contribution is -2.38. The lowest BCUT2D eigenvalue weighted by Gasteiger charge is -2.11. The summed E-state index contributed by atoms with van der Waals surface area (Å²) < 4.78 is 33.3. The van der Waals surface area contributed by atoms with E-state index in [4.69, 9.17) is 4.55 Å². The van der Waals surface area contributed by atoms with Crippen LogP contribution in [0.2, 0.25) is 0 Å². The Balaban J connectivity index is 1.91. The van der Waals surface area contributed by atoms with Crippen molar-refractivity contribution in [3.63, 3.8) is 0 Å². The predicted molar refractivity (Wildman–Crippen MR) is 115 cm³/mol. The first kappa shape index (κ1) is 20.0. The largest absolute Gasteiger partial charge is 0.378 e. The minimum Gasteiger partial charge on any atom is -0.378 e. The van der Waals surface area contributed by atoms with Gasteiger partial charge in [0.15, 0.2) is 6.54 Å². The third kappa shape index (κ3) is 5.18. The number of benzene rings is 2. The molecule has 3 rings (SSSR count). The number of rotatable bonds is 7. The molecule has 28 heavy (non-hydrogen) atoms. The molecule has 6 heteroatoms. The predicted octanol–water partition coefficient (Wildman–Crippen LogP) is 3.64. The summed E-state index contributed by atoms with van der Waals surface area (Å²) >= 11 is 0. The molecule has 1 aromatic heterocycles. The maximum absolute atomic E-state index is 11.1. The van der Waals surface area contributed by atoms with Gasteiger partial charge in [-0.05, 0) is 35.9 Å². The van der Waals surface area contributed by atoms with E-state index < -0.39 is 10.1 Å². The van der Waals surface area contributed by atoms with Crippen LogP contribution in [0.1, 0.15) is 17.7 Å². The zero-order valence-electron chi connectivity index (χ0n) is 16.1. The van der Waals surface area contributed by atoms with E-state index in [0.29, 0.717) is 13.0 Å². The quantitative estimate of drug-likeness (QED) is 0.488. The molecular weight excluding hydrogens is 372 g/mol. The van der Waals surface area contributed by atoms with Gasteiger partial charge in [-0.2, -0.15) is 13.0 Å². The number of aromatic nitrogens is 1. The van der Waals surface area contributed by atoms with E-state index in [1.165, 1.54) is 0 Å². The van der Waals surface area contributed by atoms with Crippen LogP contribution in [-0.2, 0) is 16.7 Å². The minimum atomic E-state index is -3.96. The summed E-state index contributed by atoms with van der Waals surface area (Å²) in [5, 5.41) is 1.09. The molecule has 0 atom stereocenters. The number of nitrogens with zero attached hydrogens (tertiary/aromatic N) is 2. The molecule has 5 nitrogen and oxygen atoms in total. The van der Waals surface area contributed by atoms with Gasteiger partial charge in [0.2, 0.25) is 11.2 Å². The van der Waals surface area contributed by atoms with Gasteiger partial charge in [0.25, 0.3) is 10.1 Å². The highest BCUT2D eigenvalue weighted by molar-refractivity contribution is 7.85. The molecule has 0 saturated carbocycles. The Kier molecular flexibility index (Phi) is 6.11. The van der Waals surface area contributed by atoms with E-state index in [-0.39, 0.29) is 5.75 Å². The second kappa shape index (κ2) is 8.54. The van der Waals surface area contributed by atoms with Crippen LogP contribution in [0.25, 0.3) is 23.1 Å². The first-order valence-electron chi connectivity index (χ1n) is 9.16. The second-order valence-corrected chi connectivity index (χ2v) is 8.50. The molecule has 0 bridgehead atoms. The smallest absolute Gasteiger partial charge is 0.265 e. The fourth-order valence-corrected chi connectivity index (χ4v) is 3.64. The molecule has 0 saturated heterocycles. The van der Waals surface area contributed by atoms with Crippen LogP contribution in [0.4, 0.5) is 5.69 Å². The fourth-order valence-electron chi connectivity index (χ4n) is 3.14. The van der Waals surface area contributed by atoms with Gasteiger partial charge in [-0.3, -0.25) is 4.55 Å². The van der Waals surface area contributed by atoms with Gasteiger partial charge in [0, 0.05) is 49.8 Å². The second-order valence-electron chi connectivity index (χ2n) is 6.93. The molecule has 1 N–H and O–H groups in total. The molecule has 0 aliphatic rings. The summed E-state index contributed by atoms with van der Waals surface area (Å²) in [6.45, 7) is 0.500. The van der Waals surface area contributed by atoms with Gasteiger partial charge in [0.05, 0.1) is 5.75 Å². The molecule has 0 aliphatic carbocycles. The SMILES string of the molecule is CN(C)c1ccc(/C=C/c2ccc3ccccc3[n+]2CCCS(=O)(=O)O)cc1. The van der Waals surface area contributed by atoms with Crippen molar-refractivity contribution >= 4 is 38.9 Å². The average Bonchev–Trinajstić information content (AvgIpc) is 2.66. The van der Waals surface area contributed by atoms with Gasteiger partial charge in [-0.15, -0.1) is 0 Å². The van der Waals surface area contributed by atoms with E-state index in [9.17, 15) is 8.42 Å². The first-order chi connectivity index (χ1) is 13.3. The van der Waals surface area contributed by atoms with E-state index >= 15 is 0 Å². The molecular formula is C22H25N2O3S+. The molecule has 146 valence electrons. The Morgan fingerprint density at radius 3 is 2.36 bits per heavy atom. The van der Waals surface area contributed by atoms with E-state index in [0.717, 1.165) is 27.8 Å². The van der Waals surface area contributed by atoms with Crippen LogP contribution in [0.15, 0.2) is 60.7 Å². The Hall–Kier alpha value is -2.70. The van der Waals surface area contributed by atoms with E-state index in [1.54, 1.807) is 0 Å². The molecule has 3 aromatic rings. The zero-order valence-corrected chi connectivity index (χ0v) is 16.9. The van der Waals surface area contributed by atoms with Gasteiger partial charge in [0.1, 0.15) is 0 Å². The Labute approximate surface area is 166 Å². The summed E-state index contributed by atoms with van der Waals surface area (Å²) in [6.07, 6.45) is 4.42. The molecule has 0 aliphatic heterocycles. The summed E-state index contributed by atoms with van der Waals surface area (Å²) in [5.74, 6) is -0.252. The maximum atomic E-state index is 11.1. The van der Waals surface area contributed by atoms with Crippen molar-refractivity contribution in [1.82, 2.24) is 0 Å². The Morgan fingerprint density at radius 2 is 1.68 bits per heavy atom. The lowest BCUT2D eigenvalue weighted by atomic mass is 10.1. The minimum absolute atomic E-state index is 0.252. The Morgan fingerprint density at radius 1 is 0.964 bits per heavy atom. The topological polar surface area (TPSA) is 61.5 Å². The molecule has 0 amide bonds. The number of aryl methyl sites for hydroxylation is 1. The zero-order chi connectivity index (χ0) is 20.1. The highest BCUT2D eigenvalue weighted by atomic mass is 32.2. The molecule has 1 heterocycles. The van der Waals surface area contributed by atoms with Gasteiger partial charge in [-0.1, -0.05) is 24.3 Å². The van der Waals surface area contributed by atoms with Crippen LogP contribution < -0.4 is 9.47 Å². The van der Waals surface area contributed by atoms with Gasteiger partial charge in [-0.25, -0.2) is 0 Å². The van der Waals surface area contributed by atoms with Crippen molar-refractivity contribution in [2.24, 2.45) is 0 Å². The standard InChI is InChI=1S/C22H24N2O3S/c1-23(2)20-12-8-18(9-13-20)10-14-21-15-11-19-6-3-4-7-22(19)24(21)16-5-17-28(25,26)27/h3-4,6-15H,5,16-17H2,1-2H3/p+1. The highest BCUT2D eigenvalue weighted by Gasteiger charge is 2.15. The van der Waals surface area contributed by atoms with Crippen molar-refractivity contribution < 1.29 is 17.5 Å². The molecule has 2 aromatic carbocycles. The third-order valence-corrected chi connectivity index (χ3v) is 5.42. The number of para-hydroxylation sites is 1. The van der Waals surface area contributed by atoms with Crippen molar-refractivity contribution in [2.75, 3.05) is 24.7 Å². The monoisotopic (exact) mass is 397 g/mol. The molecule has 0 unspecified atom stereocenters. The van der Waals surface area contributed by atoms with Gasteiger partial charge >= 0.3 is 0 Å². The summed E-state index contributed by atoms with van der Waals surface area (Å²) in [7, 11) is 0.0565. The fraction of sp³-hybridized carbons (Fsp3) is 0.227. The normalized spacial score (nSPS) is 12.0. The highest BCUT2D eigenvalue weighted by Crippen LogP contribution is 2.16. The molecule has 0 fully saturated rings.